The van der Waals surface area contributed by atoms with Gasteiger partial charge in [0.1, 0.15) is 0 Å². The van der Waals surface area contributed by atoms with E-state index in [4.69, 9.17) is 18.9 Å². The summed E-state index contributed by atoms with van der Waals surface area (Å²) in [4.78, 5) is 2.65. The zero-order chi connectivity index (χ0) is 24.5. The maximum Gasteiger partial charge on any atom is 0.169 e. The van der Waals surface area contributed by atoms with Crippen LogP contribution in [0.25, 0.3) is 0 Å². The van der Waals surface area contributed by atoms with E-state index in [9.17, 15) is 5.11 Å². The minimum Gasteiger partial charge on any atom is -0.504 e. The fourth-order valence-corrected chi connectivity index (χ4v) is 6.70. The molecule has 1 unspecified atom stereocenters. The average Bonchev–Trinajstić information content (AvgIpc) is 3.59. The normalized spacial score (nSPS) is 29.2. The molecule has 4 aliphatic rings. The Morgan fingerprint density at radius 1 is 1.20 bits per heavy atom. The van der Waals surface area contributed by atoms with Gasteiger partial charge in [0.05, 0.1) is 32.0 Å². The van der Waals surface area contributed by atoms with Crippen LogP contribution in [0.2, 0.25) is 0 Å². The van der Waals surface area contributed by atoms with E-state index in [2.05, 4.69) is 31.4 Å². The summed E-state index contributed by atoms with van der Waals surface area (Å²) in [7, 11) is 0. The van der Waals surface area contributed by atoms with Gasteiger partial charge in [-0.2, -0.15) is 0 Å². The molecule has 194 valence electrons. The quantitative estimate of drug-likeness (QED) is 0.344. The van der Waals surface area contributed by atoms with Gasteiger partial charge in [-0.25, -0.2) is 0 Å². The van der Waals surface area contributed by atoms with Crippen molar-refractivity contribution in [2.45, 2.75) is 88.6 Å². The molecule has 35 heavy (non-hydrogen) atoms. The second-order valence-electron chi connectivity index (χ2n) is 10.9. The van der Waals surface area contributed by atoms with Gasteiger partial charge in [0.25, 0.3) is 0 Å². The second-order valence-corrected chi connectivity index (χ2v) is 10.9. The highest BCUT2D eigenvalue weighted by Gasteiger charge is 2.60. The Morgan fingerprint density at radius 2 is 2.00 bits per heavy atom. The largest absolute Gasteiger partial charge is 0.504 e. The highest BCUT2D eigenvalue weighted by Crippen LogP contribution is 2.58. The zero-order valence-electron chi connectivity index (χ0n) is 21.6. The molecular formula is C29H43NO5. The van der Waals surface area contributed by atoms with Crippen LogP contribution in [0.3, 0.4) is 0 Å². The maximum absolute atomic E-state index is 11.6. The van der Waals surface area contributed by atoms with E-state index in [1.807, 2.05) is 12.1 Å². The molecule has 1 saturated heterocycles. The molecule has 0 amide bonds. The first-order chi connectivity index (χ1) is 17.1. The highest BCUT2D eigenvalue weighted by atomic mass is 16.7. The predicted molar refractivity (Wildman–Crippen MR) is 136 cm³/mol. The average molecular weight is 486 g/mol. The lowest BCUT2D eigenvalue weighted by Gasteiger charge is -2.57. The molecule has 3 aliphatic carbocycles. The predicted octanol–water partition coefficient (Wildman–Crippen LogP) is 5.18. The summed E-state index contributed by atoms with van der Waals surface area (Å²) in [6, 6.07) is 4.36. The number of hydrogen-bond acceptors (Lipinski definition) is 6. The second kappa shape index (κ2) is 10.4. The van der Waals surface area contributed by atoms with Gasteiger partial charge in [-0.1, -0.05) is 32.4 Å². The number of phenols is 1. The van der Waals surface area contributed by atoms with Crippen molar-refractivity contribution < 1.29 is 24.1 Å². The van der Waals surface area contributed by atoms with E-state index in [0.717, 1.165) is 56.7 Å². The SMILES string of the molecule is C=CCO[C@@]12CCC3(CC1c1c(ccc(OCCCC)c1O)C[C@H]2N(CC)CC1CC1)OCCO3. The summed E-state index contributed by atoms with van der Waals surface area (Å²) in [6.07, 6.45) is 9.71. The molecule has 6 nitrogen and oxygen atoms in total. The van der Waals surface area contributed by atoms with Crippen molar-refractivity contribution >= 4 is 0 Å². The van der Waals surface area contributed by atoms with Crippen LogP contribution in [0.5, 0.6) is 11.5 Å². The van der Waals surface area contributed by atoms with Crippen LogP contribution in [0.1, 0.15) is 75.8 Å². The van der Waals surface area contributed by atoms with Crippen molar-refractivity contribution in [3.05, 3.63) is 35.9 Å². The first-order valence-corrected chi connectivity index (χ1v) is 13.8. The monoisotopic (exact) mass is 485 g/mol. The minimum absolute atomic E-state index is 0.0500. The molecule has 1 N–H and O–H groups in total. The molecule has 0 aromatic heterocycles. The summed E-state index contributed by atoms with van der Waals surface area (Å²) < 4.78 is 25.3. The lowest BCUT2D eigenvalue weighted by atomic mass is 9.60. The molecule has 2 saturated carbocycles. The number of likely N-dealkylation sites (N-methyl/N-ethyl adjacent to an activating group) is 1. The molecular weight excluding hydrogens is 442 g/mol. The number of ether oxygens (including phenoxy) is 4. The smallest absolute Gasteiger partial charge is 0.169 e. The topological polar surface area (TPSA) is 60.4 Å². The van der Waals surface area contributed by atoms with Gasteiger partial charge in [0.2, 0.25) is 0 Å². The molecule has 6 heteroatoms. The Kier molecular flexibility index (Phi) is 7.45. The number of phenolic OH excluding ortho intramolecular Hbond substituents is 1. The molecule has 1 aromatic carbocycles. The van der Waals surface area contributed by atoms with Gasteiger partial charge in [-0.3, -0.25) is 4.90 Å². The number of nitrogens with zero attached hydrogens (tertiary/aromatic N) is 1. The third-order valence-corrected chi connectivity index (χ3v) is 8.67. The highest BCUT2D eigenvalue weighted by molar-refractivity contribution is 5.55. The van der Waals surface area contributed by atoms with E-state index in [-0.39, 0.29) is 17.7 Å². The maximum atomic E-state index is 11.6. The van der Waals surface area contributed by atoms with Gasteiger partial charge in [-0.05, 0) is 56.2 Å². The van der Waals surface area contributed by atoms with E-state index in [1.165, 1.54) is 18.4 Å². The zero-order valence-corrected chi connectivity index (χ0v) is 21.6. The third-order valence-electron chi connectivity index (χ3n) is 8.67. The van der Waals surface area contributed by atoms with Crippen LogP contribution in [0.15, 0.2) is 24.8 Å². The first kappa shape index (κ1) is 25.1. The number of benzene rings is 1. The van der Waals surface area contributed by atoms with Crippen molar-refractivity contribution in [2.24, 2.45) is 5.92 Å². The minimum atomic E-state index is -0.593. The van der Waals surface area contributed by atoms with Crippen LogP contribution in [0.4, 0.5) is 0 Å². The molecule has 3 fully saturated rings. The fraction of sp³-hybridized carbons (Fsp3) is 0.724. The number of hydrogen-bond donors (Lipinski definition) is 1. The molecule has 3 atom stereocenters. The van der Waals surface area contributed by atoms with Crippen molar-refractivity contribution in [2.75, 3.05) is 39.5 Å². The van der Waals surface area contributed by atoms with E-state index >= 15 is 0 Å². The van der Waals surface area contributed by atoms with E-state index < -0.39 is 11.4 Å². The number of unbranched alkanes of at least 4 members (excludes halogenated alkanes) is 1. The van der Waals surface area contributed by atoms with E-state index in [0.29, 0.717) is 38.6 Å². The van der Waals surface area contributed by atoms with Crippen molar-refractivity contribution in [3.63, 3.8) is 0 Å². The molecule has 1 aromatic rings. The molecule has 0 bridgehead atoms. The first-order valence-electron chi connectivity index (χ1n) is 13.8. The molecule has 5 rings (SSSR count). The van der Waals surface area contributed by atoms with Crippen molar-refractivity contribution in [3.8, 4) is 11.5 Å². The summed E-state index contributed by atoms with van der Waals surface area (Å²) in [6.45, 7) is 12.8. The molecule has 1 aliphatic heterocycles. The standard InChI is InChI=1S/C29H43NO5/c1-4-7-15-32-24-11-10-22-18-25(30(6-3)20-21-8-9-21)29(35-14-5-2)13-12-28(33-16-17-34-28)19-23(29)26(22)27(24)31/h5,10-11,21,23,25,31H,2,4,6-9,12-20H2,1,3H3/t23?,25-,29+/m1/s1. The van der Waals surface area contributed by atoms with Gasteiger partial charge in [0.15, 0.2) is 17.3 Å². The Hall–Kier alpha value is -1.60. The lowest BCUT2D eigenvalue weighted by molar-refractivity contribution is -0.232. The summed E-state index contributed by atoms with van der Waals surface area (Å²) in [5.41, 5.74) is 1.73. The molecule has 0 radical (unpaired) electrons. The van der Waals surface area contributed by atoms with Gasteiger partial charge in [0, 0.05) is 36.9 Å². The van der Waals surface area contributed by atoms with Crippen LogP contribution in [0, 0.1) is 5.92 Å². The molecule has 1 spiro atoms. The number of fused-ring (bicyclic) bond motifs is 3. The Balaban J connectivity index is 1.58. The Morgan fingerprint density at radius 3 is 2.69 bits per heavy atom. The van der Waals surface area contributed by atoms with Gasteiger partial charge >= 0.3 is 0 Å². The van der Waals surface area contributed by atoms with Crippen molar-refractivity contribution in [1.29, 1.82) is 0 Å². The van der Waals surface area contributed by atoms with Gasteiger partial charge in [-0.15, -0.1) is 6.58 Å². The Bertz CT molecular complexity index is 893. The summed E-state index contributed by atoms with van der Waals surface area (Å²) >= 11 is 0. The van der Waals surface area contributed by atoms with Crippen molar-refractivity contribution in [1.82, 2.24) is 4.90 Å². The number of rotatable bonds is 11. The Labute approximate surface area is 210 Å². The lowest BCUT2D eigenvalue weighted by Crippen LogP contribution is -2.64. The van der Waals surface area contributed by atoms with Gasteiger partial charge < -0.3 is 24.1 Å². The van der Waals surface area contributed by atoms with Crippen LogP contribution >= 0.6 is 0 Å². The number of aromatic hydroxyl groups is 1. The van der Waals surface area contributed by atoms with Crippen LogP contribution in [-0.4, -0.2) is 67.0 Å². The van der Waals surface area contributed by atoms with Crippen LogP contribution < -0.4 is 4.74 Å². The molecule has 1 heterocycles. The van der Waals surface area contributed by atoms with E-state index in [1.54, 1.807) is 0 Å². The third kappa shape index (κ3) is 4.75. The summed E-state index contributed by atoms with van der Waals surface area (Å²) in [5, 5.41) is 11.6. The summed E-state index contributed by atoms with van der Waals surface area (Å²) in [5.74, 6) is 1.00. The fourth-order valence-electron chi connectivity index (χ4n) is 6.70. The van der Waals surface area contributed by atoms with Crippen LogP contribution in [-0.2, 0) is 20.6 Å².